The van der Waals surface area contributed by atoms with Gasteiger partial charge in [-0.3, -0.25) is 14.6 Å². The number of sulfonamides is 1. The number of primary amides is 1. The number of para-hydroxylation sites is 1. The molecule has 0 spiro atoms. The fraction of sp³-hybridized carbons (Fsp3) is 0.577. The lowest BCUT2D eigenvalue weighted by molar-refractivity contribution is -0.152. The average molecular weight is 484 g/mol. The van der Waals surface area contributed by atoms with Crippen LogP contribution in [0.5, 0.6) is 0 Å². The topological polar surface area (TPSA) is 110 Å². The molecule has 2 unspecified atom stereocenters. The van der Waals surface area contributed by atoms with Crippen molar-refractivity contribution < 1.29 is 18.0 Å². The number of ketones is 1. The third-order valence-corrected chi connectivity index (χ3v) is 11.2. The van der Waals surface area contributed by atoms with Gasteiger partial charge >= 0.3 is 0 Å². The second-order valence-corrected chi connectivity index (χ2v) is 13.2. The van der Waals surface area contributed by atoms with E-state index < -0.39 is 21.0 Å². The van der Waals surface area contributed by atoms with Gasteiger partial charge < -0.3 is 5.73 Å². The van der Waals surface area contributed by atoms with E-state index in [9.17, 15) is 18.0 Å². The highest BCUT2D eigenvalue weighted by molar-refractivity contribution is 7.89. The Balaban J connectivity index is 1.39. The van der Waals surface area contributed by atoms with E-state index in [0.29, 0.717) is 29.7 Å². The van der Waals surface area contributed by atoms with Crippen LogP contribution >= 0.6 is 0 Å². The zero-order chi connectivity index (χ0) is 24.5. The Hall–Kier alpha value is -2.32. The number of amides is 1. The van der Waals surface area contributed by atoms with Gasteiger partial charge in [0.05, 0.1) is 11.1 Å². The van der Waals surface area contributed by atoms with Crippen molar-refractivity contribution in [3.8, 4) is 0 Å². The molecule has 1 amide bonds. The van der Waals surface area contributed by atoms with Gasteiger partial charge in [-0.1, -0.05) is 18.2 Å². The van der Waals surface area contributed by atoms with Gasteiger partial charge in [-0.25, -0.2) is 8.42 Å². The maximum atomic E-state index is 13.6. The quantitative estimate of drug-likeness (QED) is 0.648. The van der Waals surface area contributed by atoms with Crippen molar-refractivity contribution >= 4 is 32.6 Å². The number of carbonyl (C=O) groups is 2. The second-order valence-electron chi connectivity index (χ2n) is 11.3. The number of likely N-dealkylation sites (N-methyl/N-ethyl adjacent to an activating group) is 1. The Morgan fingerprint density at radius 2 is 1.76 bits per heavy atom. The summed E-state index contributed by atoms with van der Waals surface area (Å²) in [4.78, 5) is 30.3. The van der Waals surface area contributed by atoms with Crippen molar-refractivity contribution in [1.29, 1.82) is 0 Å². The van der Waals surface area contributed by atoms with Gasteiger partial charge in [-0.2, -0.15) is 4.31 Å². The first-order chi connectivity index (χ1) is 16.0. The van der Waals surface area contributed by atoms with Crippen molar-refractivity contribution in [1.82, 2.24) is 9.29 Å². The first kappa shape index (κ1) is 23.4. The van der Waals surface area contributed by atoms with Crippen LogP contribution in [0.25, 0.3) is 10.9 Å². The summed E-state index contributed by atoms with van der Waals surface area (Å²) in [5.74, 6) is 1.05. The SMILES string of the molecule is CN(C(C)(C)C(=O)CC1C2CC3CC1CC(C(N)=O)(C3)C2)S(=O)(=O)c1cccc2cccnc12. The van der Waals surface area contributed by atoms with E-state index in [4.69, 9.17) is 5.73 Å². The first-order valence-corrected chi connectivity index (χ1v) is 13.6. The standard InChI is InChI=1S/C26H33N3O4S/c1-25(2,29(3)34(32,33)21-8-4-6-17-7-5-9-28-23(17)21)22(30)12-20-18-10-16-11-19(20)15-26(13-16,14-18)24(27)31/h4-9,16,18-20H,10-15H2,1-3H3,(H2,27,31). The largest absolute Gasteiger partial charge is 0.369 e. The smallest absolute Gasteiger partial charge is 0.245 e. The summed E-state index contributed by atoms with van der Waals surface area (Å²) in [5.41, 5.74) is 4.59. The molecule has 4 aliphatic rings. The van der Waals surface area contributed by atoms with Crippen LogP contribution in [0.2, 0.25) is 0 Å². The number of rotatable bonds is 7. The van der Waals surface area contributed by atoms with Crippen LogP contribution < -0.4 is 5.73 Å². The number of hydrogen-bond donors (Lipinski definition) is 1. The lowest BCUT2D eigenvalue weighted by Gasteiger charge is -2.59. The molecule has 4 fully saturated rings. The Morgan fingerprint density at radius 3 is 2.41 bits per heavy atom. The monoisotopic (exact) mass is 483 g/mol. The van der Waals surface area contributed by atoms with Crippen LogP contribution in [-0.2, 0) is 19.6 Å². The number of carbonyl (C=O) groups excluding carboxylic acids is 2. The molecule has 7 nitrogen and oxygen atoms in total. The van der Waals surface area contributed by atoms with E-state index in [-0.39, 0.29) is 22.5 Å². The third kappa shape index (κ3) is 3.49. The number of fused-ring (bicyclic) bond motifs is 1. The lowest BCUT2D eigenvalue weighted by Crippen LogP contribution is -2.57. The summed E-state index contributed by atoms with van der Waals surface area (Å²) in [6.45, 7) is 3.37. The van der Waals surface area contributed by atoms with Crippen LogP contribution in [0.4, 0.5) is 0 Å². The molecule has 4 bridgehead atoms. The van der Waals surface area contributed by atoms with Crippen LogP contribution in [-0.4, -0.2) is 42.0 Å². The molecule has 182 valence electrons. The molecule has 4 saturated carbocycles. The number of pyridine rings is 1. The molecular weight excluding hydrogens is 450 g/mol. The molecule has 2 aromatic rings. The number of Topliss-reactive ketones (excluding diaryl/α,β-unsaturated/α-hetero) is 1. The first-order valence-electron chi connectivity index (χ1n) is 12.1. The fourth-order valence-corrected chi connectivity index (χ4v) is 8.80. The highest BCUT2D eigenvalue weighted by atomic mass is 32.2. The molecule has 0 saturated heterocycles. The summed E-state index contributed by atoms with van der Waals surface area (Å²) >= 11 is 0. The molecule has 2 atom stereocenters. The number of nitrogens with zero attached hydrogens (tertiary/aromatic N) is 2. The van der Waals surface area contributed by atoms with E-state index in [1.54, 1.807) is 38.2 Å². The van der Waals surface area contributed by atoms with Gasteiger partial charge in [0, 0.05) is 30.5 Å². The van der Waals surface area contributed by atoms with Crippen molar-refractivity contribution in [2.24, 2.45) is 34.8 Å². The van der Waals surface area contributed by atoms with Gasteiger partial charge in [-0.05, 0) is 81.8 Å². The van der Waals surface area contributed by atoms with Crippen molar-refractivity contribution in [2.45, 2.75) is 62.8 Å². The van der Waals surface area contributed by atoms with Gasteiger partial charge in [0.2, 0.25) is 15.9 Å². The van der Waals surface area contributed by atoms with E-state index in [0.717, 1.165) is 37.5 Å². The zero-order valence-electron chi connectivity index (χ0n) is 20.0. The molecule has 2 N–H and O–H groups in total. The maximum absolute atomic E-state index is 13.6. The minimum absolute atomic E-state index is 0.0858. The van der Waals surface area contributed by atoms with Crippen molar-refractivity contribution in [2.75, 3.05) is 7.05 Å². The highest BCUT2D eigenvalue weighted by Gasteiger charge is 2.58. The molecule has 6 rings (SSSR count). The summed E-state index contributed by atoms with van der Waals surface area (Å²) in [6.07, 6.45) is 6.41. The van der Waals surface area contributed by atoms with Crippen LogP contribution in [0.1, 0.15) is 52.4 Å². The van der Waals surface area contributed by atoms with E-state index in [2.05, 4.69) is 4.98 Å². The van der Waals surface area contributed by atoms with E-state index in [1.165, 1.54) is 11.4 Å². The molecule has 1 heterocycles. The van der Waals surface area contributed by atoms with E-state index >= 15 is 0 Å². The fourth-order valence-electron chi connectivity index (χ4n) is 7.14. The van der Waals surface area contributed by atoms with Crippen molar-refractivity contribution in [3.63, 3.8) is 0 Å². The predicted octanol–water partition coefficient (Wildman–Crippen LogP) is 3.52. The molecule has 0 aliphatic heterocycles. The van der Waals surface area contributed by atoms with Gasteiger partial charge in [-0.15, -0.1) is 0 Å². The second kappa shape index (κ2) is 7.85. The predicted molar refractivity (Wildman–Crippen MR) is 129 cm³/mol. The van der Waals surface area contributed by atoms with Gasteiger partial charge in [0.15, 0.2) is 5.78 Å². The minimum Gasteiger partial charge on any atom is -0.369 e. The lowest BCUT2D eigenvalue weighted by atomic mass is 9.45. The number of nitrogens with two attached hydrogens (primary N) is 1. The molecule has 4 aliphatic carbocycles. The summed E-state index contributed by atoms with van der Waals surface area (Å²) in [6, 6.07) is 8.65. The Kier molecular flexibility index (Phi) is 5.41. The summed E-state index contributed by atoms with van der Waals surface area (Å²) in [5, 5.41) is 0.734. The Labute approximate surface area is 201 Å². The van der Waals surface area contributed by atoms with E-state index in [1.807, 2.05) is 12.1 Å². The molecule has 0 radical (unpaired) electrons. The van der Waals surface area contributed by atoms with Crippen LogP contribution in [0, 0.1) is 29.1 Å². The number of benzene rings is 1. The molecule has 1 aromatic heterocycles. The Morgan fingerprint density at radius 1 is 1.12 bits per heavy atom. The molecular formula is C26H33N3O4S. The average Bonchev–Trinajstić information content (AvgIpc) is 2.79. The molecule has 8 heteroatoms. The van der Waals surface area contributed by atoms with Crippen molar-refractivity contribution in [3.05, 3.63) is 36.5 Å². The van der Waals surface area contributed by atoms with Crippen LogP contribution in [0.3, 0.4) is 0 Å². The minimum atomic E-state index is -3.96. The molecule has 34 heavy (non-hydrogen) atoms. The zero-order valence-corrected chi connectivity index (χ0v) is 20.8. The maximum Gasteiger partial charge on any atom is 0.245 e. The Bertz CT molecular complexity index is 1250. The van der Waals surface area contributed by atoms with Gasteiger partial charge in [0.1, 0.15) is 4.90 Å². The van der Waals surface area contributed by atoms with Crippen LogP contribution in [0.15, 0.2) is 41.4 Å². The normalized spacial score (nSPS) is 30.7. The summed E-state index contributed by atoms with van der Waals surface area (Å²) in [7, 11) is -2.48. The molecule has 1 aromatic carbocycles. The number of hydrogen-bond acceptors (Lipinski definition) is 5. The highest BCUT2D eigenvalue weighted by Crippen LogP contribution is 2.63. The third-order valence-electron chi connectivity index (χ3n) is 9.12. The summed E-state index contributed by atoms with van der Waals surface area (Å²) < 4.78 is 28.5. The number of aromatic nitrogens is 1. The van der Waals surface area contributed by atoms with Gasteiger partial charge in [0.25, 0.3) is 0 Å².